The van der Waals surface area contributed by atoms with E-state index in [0.29, 0.717) is 35.7 Å². The maximum atomic E-state index is 14.4. The smallest absolute Gasteiger partial charge is 0.219 e. The van der Waals surface area contributed by atoms with Crippen LogP contribution in [0.2, 0.25) is 0 Å². The molecule has 0 aromatic heterocycles. The second kappa shape index (κ2) is 8.58. The van der Waals surface area contributed by atoms with E-state index in [4.69, 9.17) is 0 Å². The van der Waals surface area contributed by atoms with Gasteiger partial charge in [0, 0.05) is 11.1 Å². The van der Waals surface area contributed by atoms with Gasteiger partial charge in [0.05, 0.1) is 9.79 Å². The minimum atomic E-state index is -1.03. The lowest BCUT2D eigenvalue weighted by Gasteiger charge is -2.10. The number of hydrogen-bond donors (Lipinski definition) is 0. The van der Waals surface area contributed by atoms with E-state index in [1.807, 2.05) is 0 Å². The number of hydrogen-bond acceptors (Lipinski definition) is 4. The SMILES string of the molecule is C=CC(=O)Sc1cc(F)c(-c2cc(F)c(SC(=O)C(=C)C)cc2F)cc1F. The van der Waals surface area contributed by atoms with Crippen molar-refractivity contribution in [1.82, 2.24) is 0 Å². The molecule has 27 heavy (non-hydrogen) atoms. The van der Waals surface area contributed by atoms with Crippen LogP contribution in [-0.2, 0) is 9.59 Å². The summed E-state index contributed by atoms with van der Waals surface area (Å²) >= 11 is 0.863. The molecule has 0 aliphatic rings. The van der Waals surface area contributed by atoms with Crippen LogP contribution >= 0.6 is 23.5 Å². The van der Waals surface area contributed by atoms with E-state index in [-0.39, 0.29) is 15.4 Å². The number of carbonyl (C=O) groups excluding carboxylic acids is 2. The Bertz CT molecular complexity index is 971. The molecule has 0 aliphatic carbocycles. The highest BCUT2D eigenvalue weighted by Crippen LogP contribution is 2.35. The average Bonchev–Trinajstić information content (AvgIpc) is 2.60. The Labute approximate surface area is 161 Å². The minimum absolute atomic E-state index is 0.152. The first kappa shape index (κ1) is 21.0. The summed E-state index contributed by atoms with van der Waals surface area (Å²) in [4.78, 5) is 22.3. The van der Waals surface area contributed by atoms with Crippen molar-refractivity contribution in [2.75, 3.05) is 0 Å². The molecule has 0 aliphatic heterocycles. The van der Waals surface area contributed by atoms with Gasteiger partial charge in [0.15, 0.2) is 0 Å². The normalized spacial score (nSPS) is 10.6. The summed E-state index contributed by atoms with van der Waals surface area (Å²) in [5.41, 5.74) is -0.871. The van der Waals surface area contributed by atoms with Crippen molar-refractivity contribution in [3.63, 3.8) is 0 Å². The molecule has 0 heterocycles. The summed E-state index contributed by atoms with van der Waals surface area (Å²) in [5.74, 6) is -4.00. The molecule has 2 rings (SSSR count). The third kappa shape index (κ3) is 4.90. The van der Waals surface area contributed by atoms with Crippen molar-refractivity contribution >= 4 is 33.8 Å². The van der Waals surface area contributed by atoms with Crippen LogP contribution in [0.5, 0.6) is 0 Å². The second-order valence-electron chi connectivity index (χ2n) is 5.32. The Balaban J connectivity index is 2.46. The third-order valence-electron chi connectivity index (χ3n) is 3.26. The third-order valence-corrected chi connectivity index (χ3v) is 5.23. The standard InChI is InChI=1S/C19H12F4O2S2/c1-4-18(24)26-16-7-12(20)10(5-14(16)22)11-6-15(23)17(8-13(11)21)27-19(25)9(2)3/h4-8H,1-2H2,3H3. The maximum Gasteiger partial charge on any atom is 0.219 e. The van der Waals surface area contributed by atoms with Crippen LogP contribution in [0.25, 0.3) is 11.1 Å². The van der Waals surface area contributed by atoms with Gasteiger partial charge in [0.2, 0.25) is 10.2 Å². The highest BCUT2D eigenvalue weighted by atomic mass is 32.2. The first-order chi connectivity index (χ1) is 12.6. The molecule has 0 bridgehead atoms. The van der Waals surface area contributed by atoms with Crippen molar-refractivity contribution in [3.05, 3.63) is 72.3 Å². The lowest BCUT2D eigenvalue weighted by molar-refractivity contribution is -0.108. The zero-order valence-electron chi connectivity index (χ0n) is 13.9. The van der Waals surface area contributed by atoms with E-state index < -0.39 is 44.6 Å². The summed E-state index contributed by atoms with van der Waals surface area (Å²) in [7, 11) is 0. The maximum absolute atomic E-state index is 14.4. The van der Waals surface area contributed by atoms with Crippen LogP contribution in [0.15, 0.2) is 58.9 Å². The molecule has 0 N–H and O–H groups in total. The van der Waals surface area contributed by atoms with E-state index in [9.17, 15) is 27.2 Å². The first-order valence-corrected chi connectivity index (χ1v) is 8.97. The van der Waals surface area contributed by atoms with Crippen molar-refractivity contribution in [3.8, 4) is 11.1 Å². The highest BCUT2D eigenvalue weighted by Gasteiger charge is 2.20. The molecule has 0 amide bonds. The molecule has 2 nitrogen and oxygen atoms in total. The van der Waals surface area contributed by atoms with Crippen molar-refractivity contribution < 1.29 is 27.2 Å². The Hall–Kier alpha value is -2.32. The lowest BCUT2D eigenvalue weighted by atomic mass is 10.0. The molecule has 0 spiro atoms. The Morgan fingerprint density at radius 1 is 0.852 bits per heavy atom. The van der Waals surface area contributed by atoms with Gasteiger partial charge < -0.3 is 0 Å². The van der Waals surface area contributed by atoms with E-state index in [1.165, 1.54) is 6.92 Å². The van der Waals surface area contributed by atoms with E-state index in [1.54, 1.807) is 0 Å². The predicted octanol–water partition coefficient (Wildman–Crippen LogP) is 5.91. The number of rotatable bonds is 5. The van der Waals surface area contributed by atoms with Gasteiger partial charge in [-0.3, -0.25) is 9.59 Å². The lowest BCUT2D eigenvalue weighted by Crippen LogP contribution is -1.98. The van der Waals surface area contributed by atoms with Gasteiger partial charge in [-0.15, -0.1) is 0 Å². The fraction of sp³-hybridized carbons (Fsp3) is 0.0526. The average molecular weight is 412 g/mol. The van der Waals surface area contributed by atoms with Crippen LogP contribution in [0.1, 0.15) is 6.92 Å². The molecule has 0 fully saturated rings. The second-order valence-corrected chi connectivity index (χ2v) is 7.38. The predicted molar refractivity (Wildman–Crippen MR) is 98.4 cm³/mol. The van der Waals surface area contributed by atoms with Crippen LogP contribution in [-0.4, -0.2) is 10.2 Å². The number of carbonyl (C=O) groups is 2. The number of thioether (sulfide) groups is 2. The molecule has 0 atom stereocenters. The molecule has 8 heteroatoms. The van der Waals surface area contributed by atoms with Gasteiger partial charge >= 0.3 is 0 Å². The highest BCUT2D eigenvalue weighted by molar-refractivity contribution is 8.14. The monoisotopic (exact) mass is 412 g/mol. The molecular formula is C19H12F4O2S2. The fourth-order valence-electron chi connectivity index (χ4n) is 1.96. The Morgan fingerprint density at radius 3 is 1.70 bits per heavy atom. The Morgan fingerprint density at radius 2 is 1.30 bits per heavy atom. The zero-order valence-corrected chi connectivity index (χ0v) is 15.6. The zero-order chi connectivity index (χ0) is 20.3. The van der Waals surface area contributed by atoms with Crippen LogP contribution < -0.4 is 0 Å². The van der Waals surface area contributed by atoms with Crippen LogP contribution in [0, 0.1) is 23.3 Å². The first-order valence-electron chi connectivity index (χ1n) is 7.34. The summed E-state index contributed by atoms with van der Waals surface area (Å²) in [6.45, 7) is 8.06. The van der Waals surface area contributed by atoms with Gasteiger partial charge in [0.1, 0.15) is 23.3 Å². The molecule has 2 aromatic rings. The molecular weight excluding hydrogens is 400 g/mol. The molecule has 140 valence electrons. The summed E-state index contributed by atoms with van der Waals surface area (Å²) in [5, 5.41) is -1.15. The summed E-state index contributed by atoms with van der Waals surface area (Å²) < 4.78 is 57.0. The van der Waals surface area contributed by atoms with Crippen LogP contribution in [0.4, 0.5) is 17.6 Å². The molecule has 0 saturated carbocycles. The van der Waals surface area contributed by atoms with E-state index in [2.05, 4.69) is 13.2 Å². The topological polar surface area (TPSA) is 34.1 Å². The van der Waals surface area contributed by atoms with Crippen molar-refractivity contribution in [2.24, 2.45) is 0 Å². The van der Waals surface area contributed by atoms with E-state index in [0.717, 1.165) is 18.2 Å². The molecule has 2 aromatic carbocycles. The van der Waals surface area contributed by atoms with Crippen molar-refractivity contribution in [2.45, 2.75) is 16.7 Å². The van der Waals surface area contributed by atoms with Crippen LogP contribution in [0.3, 0.4) is 0 Å². The summed E-state index contributed by atoms with van der Waals surface area (Å²) in [6, 6.07) is 2.82. The van der Waals surface area contributed by atoms with Gasteiger partial charge in [0.25, 0.3) is 0 Å². The molecule has 0 radical (unpaired) electrons. The summed E-state index contributed by atoms with van der Waals surface area (Å²) in [6.07, 6.45) is 0.938. The molecule has 0 saturated heterocycles. The largest absolute Gasteiger partial charge is 0.282 e. The Kier molecular flexibility index (Phi) is 6.67. The minimum Gasteiger partial charge on any atom is -0.282 e. The van der Waals surface area contributed by atoms with Gasteiger partial charge in [-0.2, -0.15) is 0 Å². The number of benzene rings is 2. The van der Waals surface area contributed by atoms with Crippen molar-refractivity contribution in [1.29, 1.82) is 0 Å². The van der Waals surface area contributed by atoms with E-state index >= 15 is 0 Å². The quantitative estimate of drug-likeness (QED) is 0.347. The van der Waals surface area contributed by atoms with Gasteiger partial charge in [-0.05, 0) is 66.4 Å². The van der Waals surface area contributed by atoms with Gasteiger partial charge in [-0.1, -0.05) is 13.2 Å². The van der Waals surface area contributed by atoms with Gasteiger partial charge in [-0.25, -0.2) is 17.6 Å². The number of halogens is 4. The fourth-order valence-corrected chi connectivity index (χ4v) is 3.28. The molecule has 0 unspecified atom stereocenters.